The molecular weight excluding hydrogens is 220 g/mol. The Hall–Kier alpha value is -0.0800. The fraction of sp³-hybridized carbons (Fsp3) is 1.00. The van der Waals surface area contributed by atoms with E-state index in [1.54, 1.807) is 0 Å². The van der Waals surface area contributed by atoms with Crippen LogP contribution < -0.4 is 10.6 Å². The molecule has 0 aromatic rings. The standard InChI is InChI=1S/C16H36N2/c1-15(2)11-7-5-6-8-12-17-13-9-10-14-18-16(3)4/h15-18H,5-14H2,1-4H3. The predicted molar refractivity (Wildman–Crippen MR) is 83.2 cm³/mol. The van der Waals surface area contributed by atoms with Gasteiger partial charge in [-0.15, -0.1) is 0 Å². The lowest BCUT2D eigenvalue weighted by atomic mass is 10.0. The Balaban J connectivity index is 2.95. The molecule has 0 aliphatic heterocycles. The van der Waals surface area contributed by atoms with Gasteiger partial charge in [-0.25, -0.2) is 0 Å². The summed E-state index contributed by atoms with van der Waals surface area (Å²) in [7, 11) is 0. The number of hydrogen-bond donors (Lipinski definition) is 2. The second-order valence-electron chi connectivity index (χ2n) is 6.16. The Bertz CT molecular complexity index is 137. The van der Waals surface area contributed by atoms with Gasteiger partial charge in [0.05, 0.1) is 0 Å². The van der Waals surface area contributed by atoms with Gasteiger partial charge in [0, 0.05) is 6.04 Å². The van der Waals surface area contributed by atoms with Crippen LogP contribution in [0.5, 0.6) is 0 Å². The summed E-state index contributed by atoms with van der Waals surface area (Å²) in [6.45, 7) is 12.6. The van der Waals surface area contributed by atoms with Crippen molar-refractivity contribution in [1.29, 1.82) is 0 Å². The van der Waals surface area contributed by atoms with Crippen LogP contribution in [0.15, 0.2) is 0 Å². The number of unbranched alkanes of at least 4 members (excludes halogenated alkanes) is 4. The van der Waals surface area contributed by atoms with E-state index >= 15 is 0 Å². The van der Waals surface area contributed by atoms with Crippen LogP contribution in [0.1, 0.15) is 72.6 Å². The molecule has 2 N–H and O–H groups in total. The van der Waals surface area contributed by atoms with Crippen LogP contribution in [0.4, 0.5) is 0 Å². The molecule has 2 heteroatoms. The van der Waals surface area contributed by atoms with Crippen LogP contribution >= 0.6 is 0 Å². The van der Waals surface area contributed by atoms with E-state index in [0.717, 1.165) is 12.5 Å². The number of nitrogens with one attached hydrogen (secondary N) is 2. The first-order chi connectivity index (χ1) is 8.63. The molecule has 0 saturated carbocycles. The van der Waals surface area contributed by atoms with Crippen molar-refractivity contribution in [3.8, 4) is 0 Å². The van der Waals surface area contributed by atoms with Gasteiger partial charge in [0.15, 0.2) is 0 Å². The Labute approximate surface area is 115 Å². The van der Waals surface area contributed by atoms with Crippen molar-refractivity contribution >= 4 is 0 Å². The molecule has 0 aromatic carbocycles. The minimum atomic E-state index is 0.629. The molecule has 0 saturated heterocycles. The van der Waals surface area contributed by atoms with Gasteiger partial charge in [-0.2, -0.15) is 0 Å². The van der Waals surface area contributed by atoms with Crippen molar-refractivity contribution in [1.82, 2.24) is 10.6 Å². The van der Waals surface area contributed by atoms with Crippen molar-refractivity contribution in [3.05, 3.63) is 0 Å². The van der Waals surface area contributed by atoms with E-state index in [4.69, 9.17) is 0 Å². The zero-order chi connectivity index (χ0) is 13.6. The van der Waals surface area contributed by atoms with Crippen LogP contribution in [0.25, 0.3) is 0 Å². The molecule has 18 heavy (non-hydrogen) atoms. The van der Waals surface area contributed by atoms with Gasteiger partial charge >= 0.3 is 0 Å². The van der Waals surface area contributed by atoms with Crippen LogP contribution in [-0.2, 0) is 0 Å². The maximum Gasteiger partial charge on any atom is 0.00103 e. The molecule has 0 aliphatic carbocycles. The third-order valence-electron chi connectivity index (χ3n) is 3.22. The summed E-state index contributed by atoms with van der Waals surface area (Å²) in [6.07, 6.45) is 9.57. The van der Waals surface area contributed by atoms with E-state index in [0.29, 0.717) is 6.04 Å². The number of hydrogen-bond acceptors (Lipinski definition) is 2. The van der Waals surface area contributed by atoms with Gasteiger partial charge in [0.2, 0.25) is 0 Å². The first-order valence-corrected chi connectivity index (χ1v) is 8.07. The minimum absolute atomic E-state index is 0.629. The maximum absolute atomic E-state index is 3.55. The molecule has 2 nitrogen and oxygen atoms in total. The Morgan fingerprint density at radius 3 is 1.83 bits per heavy atom. The number of rotatable bonds is 13. The molecule has 0 amide bonds. The highest BCUT2D eigenvalue weighted by atomic mass is 14.9. The summed E-state index contributed by atoms with van der Waals surface area (Å²) in [5, 5.41) is 7.00. The van der Waals surface area contributed by atoms with Gasteiger partial charge in [0.25, 0.3) is 0 Å². The Morgan fingerprint density at radius 1 is 0.667 bits per heavy atom. The summed E-state index contributed by atoms with van der Waals surface area (Å²) >= 11 is 0. The first-order valence-electron chi connectivity index (χ1n) is 8.07. The van der Waals surface area contributed by atoms with Crippen molar-refractivity contribution in [2.75, 3.05) is 19.6 Å². The van der Waals surface area contributed by atoms with Crippen LogP contribution in [0.3, 0.4) is 0 Å². The smallest absolute Gasteiger partial charge is 0.00103 e. The molecule has 0 aromatic heterocycles. The molecule has 0 heterocycles. The van der Waals surface area contributed by atoms with Gasteiger partial charge < -0.3 is 10.6 Å². The molecule has 0 rings (SSSR count). The van der Waals surface area contributed by atoms with Crippen molar-refractivity contribution in [3.63, 3.8) is 0 Å². The minimum Gasteiger partial charge on any atom is -0.317 e. The van der Waals surface area contributed by atoms with Gasteiger partial charge in [0.1, 0.15) is 0 Å². The topological polar surface area (TPSA) is 24.1 Å². The quantitative estimate of drug-likeness (QED) is 0.487. The monoisotopic (exact) mass is 256 g/mol. The van der Waals surface area contributed by atoms with Crippen molar-refractivity contribution in [2.45, 2.75) is 78.7 Å². The molecule has 0 radical (unpaired) electrons. The summed E-state index contributed by atoms with van der Waals surface area (Å²) in [5.41, 5.74) is 0. The maximum atomic E-state index is 3.55. The van der Waals surface area contributed by atoms with E-state index in [1.807, 2.05) is 0 Å². The van der Waals surface area contributed by atoms with Crippen LogP contribution in [-0.4, -0.2) is 25.7 Å². The molecule has 0 bridgehead atoms. The molecule has 0 atom stereocenters. The van der Waals surface area contributed by atoms with Crippen LogP contribution in [0, 0.1) is 5.92 Å². The third kappa shape index (κ3) is 15.9. The second-order valence-corrected chi connectivity index (χ2v) is 6.16. The SMILES string of the molecule is CC(C)CCCCCCNCCCCNC(C)C. The zero-order valence-corrected chi connectivity index (χ0v) is 13.2. The highest BCUT2D eigenvalue weighted by Crippen LogP contribution is 2.08. The van der Waals surface area contributed by atoms with Gasteiger partial charge in [-0.05, 0) is 44.8 Å². The molecule has 0 fully saturated rings. The average molecular weight is 256 g/mol. The molecule has 0 spiro atoms. The van der Waals surface area contributed by atoms with Gasteiger partial charge in [-0.3, -0.25) is 0 Å². The summed E-state index contributed by atoms with van der Waals surface area (Å²) in [6, 6.07) is 0.629. The highest BCUT2D eigenvalue weighted by Gasteiger charge is 1.95. The van der Waals surface area contributed by atoms with Crippen LogP contribution in [0.2, 0.25) is 0 Å². The summed E-state index contributed by atoms with van der Waals surface area (Å²) in [4.78, 5) is 0. The van der Waals surface area contributed by atoms with Gasteiger partial charge in [-0.1, -0.05) is 53.4 Å². The lowest BCUT2D eigenvalue weighted by Crippen LogP contribution is -2.24. The van der Waals surface area contributed by atoms with E-state index in [9.17, 15) is 0 Å². The van der Waals surface area contributed by atoms with Crippen molar-refractivity contribution in [2.24, 2.45) is 5.92 Å². The summed E-state index contributed by atoms with van der Waals surface area (Å²) in [5.74, 6) is 0.877. The summed E-state index contributed by atoms with van der Waals surface area (Å²) < 4.78 is 0. The Kier molecular flexibility index (Phi) is 13.3. The molecule has 0 unspecified atom stereocenters. The molecule has 0 aliphatic rings. The zero-order valence-electron chi connectivity index (χ0n) is 13.2. The fourth-order valence-corrected chi connectivity index (χ4v) is 2.05. The first kappa shape index (κ1) is 17.9. The molecule has 110 valence electrons. The van der Waals surface area contributed by atoms with E-state index in [1.165, 1.54) is 58.0 Å². The lowest BCUT2D eigenvalue weighted by Gasteiger charge is -2.08. The van der Waals surface area contributed by atoms with E-state index < -0.39 is 0 Å². The van der Waals surface area contributed by atoms with Crippen molar-refractivity contribution < 1.29 is 0 Å². The predicted octanol–water partition coefficient (Wildman–Crippen LogP) is 3.96. The molecular formula is C16H36N2. The largest absolute Gasteiger partial charge is 0.317 e. The fourth-order valence-electron chi connectivity index (χ4n) is 2.05. The normalized spacial score (nSPS) is 11.7. The third-order valence-corrected chi connectivity index (χ3v) is 3.22. The lowest BCUT2D eigenvalue weighted by molar-refractivity contribution is 0.505. The van der Waals surface area contributed by atoms with E-state index in [2.05, 4.69) is 38.3 Å². The highest BCUT2D eigenvalue weighted by molar-refractivity contribution is 4.55. The van der Waals surface area contributed by atoms with E-state index in [-0.39, 0.29) is 0 Å². The Morgan fingerprint density at radius 2 is 1.22 bits per heavy atom. The second kappa shape index (κ2) is 13.4. The average Bonchev–Trinajstić information content (AvgIpc) is 2.29.